The molecule has 0 amide bonds. The van der Waals surface area contributed by atoms with E-state index in [0.29, 0.717) is 12.2 Å². The zero-order valence-corrected chi connectivity index (χ0v) is 21.3. The second-order valence-corrected chi connectivity index (χ2v) is 13.7. The van der Waals surface area contributed by atoms with E-state index < -0.39 is 8.32 Å². The van der Waals surface area contributed by atoms with Crippen LogP contribution >= 0.6 is 0 Å². The molecular weight excluding hydrogens is 424 g/mol. The summed E-state index contributed by atoms with van der Waals surface area (Å²) in [6.45, 7) is 9.88. The van der Waals surface area contributed by atoms with Gasteiger partial charge in [0, 0.05) is 6.61 Å². The molecule has 33 heavy (non-hydrogen) atoms. The molecule has 0 aromatic heterocycles. The molecule has 0 saturated heterocycles. The number of unbranched alkanes of at least 4 members (excludes halogenated alkanes) is 1. The summed E-state index contributed by atoms with van der Waals surface area (Å²) in [5.41, 5.74) is 1.84. The van der Waals surface area contributed by atoms with Gasteiger partial charge in [-0.3, -0.25) is 0 Å². The number of esters is 1. The molecule has 0 heterocycles. The molecule has 0 aliphatic heterocycles. The molecule has 0 N–H and O–H groups in total. The summed E-state index contributed by atoms with van der Waals surface area (Å²) in [5.74, 6) is -0.261. The van der Waals surface area contributed by atoms with Crippen LogP contribution in [-0.4, -0.2) is 27.5 Å². The highest BCUT2D eigenvalue weighted by molar-refractivity contribution is 6.99. The molecule has 0 radical (unpaired) electrons. The minimum Gasteiger partial charge on any atom is -0.462 e. The van der Waals surface area contributed by atoms with Gasteiger partial charge < -0.3 is 9.16 Å². The second kappa shape index (κ2) is 11.4. The lowest BCUT2D eigenvalue weighted by molar-refractivity contribution is 0.0526. The van der Waals surface area contributed by atoms with Crippen molar-refractivity contribution in [2.24, 2.45) is 0 Å². The van der Waals surface area contributed by atoms with E-state index in [1.54, 1.807) is 0 Å². The topological polar surface area (TPSA) is 35.5 Å². The van der Waals surface area contributed by atoms with Crippen molar-refractivity contribution in [3.63, 3.8) is 0 Å². The van der Waals surface area contributed by atoms with Gasteiger partial charge in [-0.1, -0.05) is 93.6 Å². The van der Waals surface area contributed by atoms with Gasteiger partial charge in [0.15, 0.2) is 0 Å². The Balaban J connectivity index is 1.68. The summed E-state index contributed by atoms with van der Waals surface area (Å²) < 4.78 is 12.0. The molecule has 3 aromatic carbocycles. The molecule has 0 spiro atoms. The minimum absolute atomic E-state index is 0.00135. The summed E-state index contributed by atoms with van der Waals surface area (Å²) in [7, 11) is -2.46. The SMILES string of the molecule is CCOC(=O)c1ccc(CCCCO[Si](c2ccccc2)(c2ccccc2)C(C)(C)C)cc1. The maximum absolute atomic E-state index is 11.8. The van der Waals surface area contributed by atoms with E-state index in [0.717, 1.165) is 25.9 Å². The lowest BCUT2D eigenvalue weighted by Crippen LogP contribution is -2.66. The Hall–Kier alpha value is -2.69. The smallest absolute Gasteiger partial charge is 0.338 e. The van der Waals surface area contributed by atoms with Gasteiger partial charge in [-0.2, -0.15) is 0 Å². The number of benzene rings is 3. The molecule has 3 aromatic rings. The number of hydrogen-bond donors (Lipinski definition) is 0. The average Bonchev–Trinajstić information content (AvgIpc) is 2.82. The van der Waals surface area contributed by atoms with Crippen LogP contribution in [0.2, 0.25) is 5.04 Å². The zero-order valence-electron chi connectivity index (χ0n) is 20.3. The normalized spacial score (nSPS) is 11.9. The lowest BCUT2D eigenvalue weighted by atomic mass is 10.1. The molecule has 4 heteroatoms. The molecule has 174 valence electrons. The monoisotopic (exact) mass is 460 g/mol. The quantitative estimate of drug-likeness (QED) is 0.219. The van der Waals surface area contributed by atoms with Gasteiger partial charge in [0.05, 0.1) is 12.2 Å². The van der Waals surface area contributed by atoms with Crippen molar-refractivity contribution in [3.05, 3.63) is 96.1 Å². The van der Waals surface area contributed by atoms with Crippen molar-refractivity contribution in [2.45, 2.75) is 52.0 Å². The number of carbonyl (C=O) groups excluding carboxylic acids is 1. The highest BCUT2D eigenvalue weighted by atomic mass is 28.4. The largest absolute Gasteiger partial charge is 0.462 e. The Morgan fingerprint density at radius 1 is 0.788 bits per heavy atom. The summed E-state index contributed by atoms with van der Waals surface area (Å²) in [6.07, 6.45) is 2.99. The summed E-state index contributed by atoms with van der Waals surface area (Å²) in [6, 6.07) is 29.3. The van der Waals surface area contributed by atoms with E-state index in [9.17, 15) is 4.79 Å². The van der Waals surface area contributed by atoms with E-state index >= 15 is 0 Å². The van der Waals surface area contributed by atoms with Gasteiger partial charge in [0.2, 0.25) is 0 Å². The third kappa shape index (κ3) is 6.01. The third-order valence-corrected chi connectivity index (χ3v) is 11.1. The number of aryl methyl sites for hydroxylation is 1. The maximum Gasteiger partial charge on any atom is 0.338 e. The first kappa shape index (κ1) is 24.9. The molecule has 0 aliphatic carbocycles. The Labute approximate surface area is 199 Å². The lowest BCUT2D eigenvalue weighted by Gasteiger charge is -2.43. The molecule has 0 bridgehead atoms. The predicted molar refractivity (Wildman–Crippen MR) is 139 cm³/mol. The molecule has 0 saturated carbocycles. The van der Waals surface area contributed by atoms with Crippen molar-refractivity contribution in [2.75, 3.05) is 13.2 Å². The van der Waals surface area contributed by atoms with Gasteiger partial charge in [0.25, 0.3) is 8.32 Å². The van der Waals surface area contributed by atoms with E-state index in [4.69, 9.17) is 9.16 Å². The Morgan fingerprint density at radius 3 is 1.82 bits per heavy atom. The van der Waals surface area contributed by atoms with Crippen LogP contribution in [0.15, 0.2) is 84.9 Å². The van der Waals surface area contributed by atoms with Crippen molar-refractivity contribution >= 4 is 24.7 Å². The average molecular weight is 461 g/mol. The van der Waals surface area contributed by atoms with Crippen molar-refractivity contribution in [1.29, 1.82) is 0 Å². The van der Waals surface area contributed by atoms with Crippen LogP contribution in [0.25, 0.3) is 0 Å². The van der Waals surface area contributed by atoms with Gasteiger partial charge in [-0.25, -0.2) is 4.79 Å². The van der Waals surface area contributed by atoms with Crippen molar-refractivity contribution in [1.82, 2.24) is 0 Å². The van der Waals surface area contributed by atoms with Crippen LogP contribution in [-0.2, 0) is 15.6 Å². The minimum atomic E-state index is -2.46. The van der Waals surface area contributed by atoms with E-state index in [-0.39, 0.29) is 11.0 Å². The van der Waals surface area contributed by atoms with Crippen LogP contribution in [0.4, 0.5) is 0 Å². The zero-order chi connectivity index (χ0) is 23.7. The maximum atomic E-state index is 11.8. The molecule has 3 nitrogen and oxygen atoms in total. The van der Waals surface area contributed by atoms with E-state index in [1.807, 2.05) is 31.2 Å². The van der Waals surface area contributed by atoms with Crippen LogP contribution in [0.1, 0.15) is 56.5 Å². The molecular formula is C29H36O3Si. The molecule has 0 unspecified atom stereocenters. The number of hydrogen-bond acceptors (Lipinski definition) is 3. The fraction of sp³-hybridized carbons (Fsp3) is 0.345. The molecule has 0 atom stereocenters. The van der Waals surface area contributed by atoms with Crippen LogP contribution < -0.4 is 10.4 Å². The van der Waals surface area contributed by atoms with Gasteiger partial charge in [-0.05, 0) is 59.3 Å². The van der Waals surface area contributed by atoms with Gasteiger partial charge in [-0.15, -0.1) is 0 Å². The van der Waals surface area contributed by atoms with Crippen LogP contribution in [0.3, 0.4) is 0 Å². The standard InChI is InChI=1S/C29H36O3Si/c1-5-31-28(30)25-21-19-24(20-22-25)14-12-13-23-32-33(29(2,3)4,26-15-8-6-9-16-26)27-17-10-7-11-18-27/h6-11,15-22H,5,12-14,23H2,1-4H3. The van der Waals surface area contributed by atoms with Crippen molar-refractivity contribution < 1.29 is 14.0 Å². The van der Waals surface area contributed by atoms with E-state index in [2.05, 4.69) is 81.4 Å². The Morgan fingerprint density at radius 2 is 1.33 bits per heavy atom. The van der Waals surface area contributed by atoms with Crippen LogP contribution in [0, 0.1) is 0 Å². The Bertz CT molecular complexity index is 953. The first-order chi connectivity index (χ1) is 15.9. The first-order valence-electron chi connectivity index (χ1n) is 11.9. The number of carbonyl (C=O) groups is 1. The van der Waals surface area contributed by atoms with Crippen molar-refractivity contribution in [3.8, 4) is 0 Å². The second-order valence-electron chi connectivity index (χ2n) is 9.39. The summed E-state index contributed by atoms with van der Waals surface area (Å²) in [5, 5.41) is 2.63. The molecule has 0 fully saturated rings. The van der Waals surface area contributed by atoms with Gasteiger partial charge >= 0.3 is 5.97 Å². The highest BCUT2D eigenvalue weighted by Crippen LogP contribution is 2.36. The van der Waals surface area contributed by atoms with Crippen LogP contribution in [0.5, 0.6) is 0 Å². The fourth-order valence-corrected chi connectivity index (χ4v) is 9.05. The highest BCUT2D eigenvalue weighted by Gasteiger charge is 2.49. The van der Waals surface area contributed by atoms with E-state index in [1.165, 1.54) is 15.9 Å². The number of ether oxygens (including phenoxy) is 1. The van der Waals surface area contributed by atoms with Gasteiger partial charge in [0.1, 0.15) is 0 Å². The number of rotatable bonds is 10. The summed E-state index contributed by atoms with van der Waals surface area (Å²) in [4.78, 5) is 11.8. The first-order valence-corrected chi connectivity index (χ1v) is 13.8. The third-order valence-electron chi connectivity index (χ3n) is 6.06. The molecule has 0 aliphatic rings. The fourth-order valence-electron chi connectivity index (χ4n) is 4.44. The summed E-state index contributed by atoms with van der Waals surface area (Å²) >= 11 is 0. The Kier molecular flexibility index (Phi) is 8.65. The molecule has 3 rings (SSSR count). The predicted octanol–water partition coefficient (Wildman–Crippen LogP) is 5.76.